The Morgan fingerprint density at radius 2 is 1.85 bits per heavy atom. The molecule has 13 heteroatoms. The minimum Gasteiger partial charge on any atom is -0.494 e. The number of hydrogen-bond acceptors (Lipinski definition) is 11. The second kappa shape index (κ2) is 14.0. The summed E-state index contributed by atoms with van der Waals surface area (Å²) in [7, 11) is -1.07. The van der Waals surface area contributed by atoms with Crippen molar-refractivity contribution in [2.75, 3.05) is 82.0 Å². The number of aromatic nitrogens is 2. The first-order valence-electron chi connectivity index (χ1n) is 16.0. The SMILES string of the molecule is CCO[C@@H]1CCN(C2CCN(c3cc(OC)c(Nc4ncc(Br)c(Nc5ccc6c(c5P(C)(C)=O)OCCO6)n4)cc3C)CC2)C1. The van der Waals surface area contributed by atoms with Gasteiger partial charge in [0.15, 0.2) is 11.5 Å². The van der Waals surface area contributed by atoms with Crippen molar-refractivity contribution in [1.29, 1.82) is 0 Å². The number of likely N-dealkylation sites (tertiary alicyclic amines) is 1. The molecule has 2 saturated heterocycles. The molecule has 2 fully saturated rings. The van der Waals surface area contributed by atoms with Gasteiger partial charge < -0.3 is 39.0 Å². The summed E-state index contributed by atoms with van der Waals surface area (Å²) in [6.07, 6.45) is 5.48. The summed E-state index contributed by atoms with van der Waals surface area (Å²) in [6.45, 7) is 13.5. The zero-order valence-corrected chi connectivity index (χ0v) is 29.7. The second-order valence-electron chi connectivity index (χ2n) is 12.4. The van der Waals surface area contributed by atoms with Crippen LogP contribution in [0.1, 0.15) is 31.7 Å². The van der Waals surface area contributed by atoms with Gasteiger partial charge in [-0.25, -0.2) is 4.98 Å². The molecule has 0 bridgehead atoms. The van der Waals surface area contributed by atoms with Gasteiger partial charge in [0.25, 0.3) is 0 Å². The molecule has 0 aliphatic carbocycles. The number of hydrogen-bond donors (Lipinski definition) is 2. The number of halogens is 1. The normalized spacial score (nSPS) is 18.9. The standard InChI is InChI=1S/C33H44BrN6O5P/c1-6-43-23-11-14-40(20-23)22-9-12-39(13-10-22)27-18-29(42-3)26(17-21(27)2)37-33-35-19-24(34)32(38-33)36-25-7-8-28-30(45-16-15-44-28)31(25)46(4,5)41/h7-8,17-19,22-23H,6,9-16,20H2,1-5H3,(H2,35,36,37,38)/t23-/m1/s1. The molecule has 6 rings (SSSR count). The van der Waals surface area contributed by atoms with E-state index >= 15 is 0 Å². The van der Waals surface area contributed by atoms with Crippen LogP contribution < -0.4 is 35.0 Å². The maximum absolute atomic E-state index is 13.4. The van der Waals surface area contributed by atoms with E-state index in [1.807, 2.05) is 12.1 Å². The maximum atomic E-state index is 13.4. The van der Waals surface area contributed by atoms with Crippen LogP contribution in [0.4, 0.5) is 28.8 Å². The molecule has 0 amide bonds. The lowest BCUT2D eigenvalue weighted by molar-refractivity contribution is 0.0626. The van der Waals surface area contributed by atoms with Crippen LogP contribution in [0, 0.1) is 6.92 Å². The van der Waals surface area contributed by atoms with Gasteiger partial charge in [-0.2, -0.15) is 4.98 Å². The smallest absolute Gasteiger partial charge is 0.229 e. The predicted octanol–water partition coefficient (Wildman–Crippen LogP) is 6.14. The minimum atomic E-state index is -2.75. The summed E-state index contributed by atoms with van der Waals surface area (Å²) in [4.78, 5) is 14.4. The van der Waals surface area contributed by atoms with Gasteiger partial charge in [-0.3, -0.25) is 4.90 Å². The molecule has 1 aromatic heterocycles. The average Bonchev–Trinajstić information content (AvgIpc) is 3.51. The molecule has 248 valence electrons. The van der Waals surface area contributed by atoms with E-state index < -0.39 is 7.14 Å². The van der Waals surface area contributed by atoms with Crippen molar-refractivity contribution in [3.8, 4) is 17.2 Å². The van der Waals surface area contributed by atoms with Gasteiger partial charge in [0.1, 0.15) is 31.9 Å². The van der Waals surface area contributed by atoms with Crippen LogP contribution in [0.25, 0.3) is 0 Å². The molecule has 2 aromatic carbocycles. The molecular formula is C33H44BrN6O5P. The number of rotatable bonds is 10. The van der Waals surface area contributed by atoms with Crippen molar-refractivity contribution in [3.05, 3.63) is 40.5 Å². The van der Waals surface area contributed by atoms with Gasteiger partial charge in [0.05, 0.1) is 34.4 Å². The third kappa shape index (κ3) is 7.10. The van der Waals surface area contributed by atoms with Crippen LogP contribution in [0.2, 0.25) is 0 Å². The third-order valence-electron chi connectivity index (χ3n) is 8.88. The Balaban J connectivity index is 1.18. The molecule has 46 heavy (non-hydrogen) atoms. The van der Waals surface area contributed by atoms with E-state index in [9.17, 15) is 4.57 Å². The van der Waals surface area contributed by atoms with Gasteiger partial charge in [-0.1, -0.05) is 0 Å². The highest BCUT2D eigenvalue weighted by atomic mass is 79.9. The molecule has 2 N–H and O–H groups in total. The van der Waals surface area contributed by atoms with Crippen LogP contribution in [-0.2, 0) is 9.30 Å². The van der Waals surface area contributed by atoms with E-state index in [4.69, 9.17) is 23.9 Å². The number of benzene rings is 2. The van der Waals surface area contributed by atoms with Crippen LogP contribution in [0.15, 0.2) is 34.9 Å². The Bertz CT molecular complexity index is 1610. The molecule has 3 aliphatic heterocycles. The Morgan fingerprint density at radius 3 is 2.59 bits per heavy atom. The number of nitrogens with one attached hydrogen (secondary N) is 2. The average molecular weight is 716 g/mol. The molecule has 4 heterocycles. The largest absolute Gasteiger partial charge is 0.494 e. The van der Waals surface area contributed by atoms with Crippen molar-refractivity contribution in [2.24, 2.45) is 0 Å². The van der Waals surface area contributed by atoms with Crippen LogP contribution in [-0.4, -0.2) is 93.5 Å². The topological polar surface area (TPSA) is 110 Å². The first kappa shape index (κ1) is 32.9. The third-order valence-corrected chi connectivity index (χ3v) is 11.0. The zero-order valence-electron chi connectivity index (χ0n) is 27.3. The Labute approximate surface area is 279 Å². The van der Waals surface area contributed by atoms with Gasteiger partial charge in [-0.15, -0.1) is 0 Å². The molecule has 3 aliphatic rings. The van der Waals surface area contributed by atoms with Gasteiger partial charge in [0, 0.05) is 56.8 Å². The molecule has 11 nitrogen and oxygen atoms in total. The van der Waals surface area contributed by atoms with Crippen molar-refractivity contribution >= 4 is 57.2 Å². The van der Waals surface area contributed by atoms with E-state index in [1.54, 1.807) is 26.6 Å². The zero-order chi connectivity index (χ0) is 32.4. The first-order chi connectivity index (χ1) is 22.1. The fourth-order valence-electron chi connectivity index (χ4n) is 6.71. The quantitative estimate of drug-likeness (QED) is 0.236. The molecule has 1 atom stereocenters. The van der Waals surface area contributed by atoms with E-state index in [1.165, 1.54) is 5.69 Å². The van der Waals surface area contributed by atoms with E-state index in [0.717, 1.165) is 69.0 Å². The van der Waals surface area contributed by atoms with Crippen LogP contribution in [0.5, 0.6) is 17.2 Å². The van der Waals surface area contributed by atoms with Crippen molar-refractivity contribution in [2.45, 2.75) is 45.3 Å². The fraction of sp³-hybridized carbons (Fsp3) is 0.515. The maximum Gasteiger partial charge on any atom is 0.229 e. The Kier molecular flexibility index (Phi) is 9.99. The molecule has 0 unspecified atom stereocenters. The number of methoxy groups -OCH3 is 1. The number of fused-ring (bicyclic) bond motifs is 1. The number of piperidine rings is 1. The highest BCUT2D eigenvalue weighted by Crippen LogP contribution is 2.47. The first-order valence-corrected chi connectivity index (χ1v) is 19.4. The minimum absolute atomic E-state index is 0.383. The van der Waals surface area contributed by atoms with Crippen molar-refractivity contribution in [3.63, 3.8) is 0 Å². The van der Waals surface area contributed by atoms with E-state index in [-0.39, 0.29) is 0 Å². The van der Waals surface area contributed by atoms with Gasteiger partial charge in [-0.05, 0) is 86.1 Å². The Hall–Kier alpha value is -3.05. The van der Waals surface area contributed by atoms with Gasteiger partial charge in [0.2, 0.25) is 5.95 Å². The lowest BCUT2D eigenvalue weighted by atomic mass is 10.0. The summed E-state index contributed by atoms with van der Waals surface area (Å²) >= 11 is 3.57. The second-order valence-corrected chi connectivity index (χ2v) is 16.4. The number of anilines is 5. The van der Waals surface area contributed by atoms with Crippen LogP contribution in [0.3, 0.4) is 0 Å². The molecule has 3 aromatic rings. The summed E-state index contributed by atoms with van der Waals surface area (Å²) in [5.74, 6) is 2.74. The fourth-order valence-corrected chi connectivity index (χ4v) is 8.38. The van der Waals surface area contributed by atoms with Crippen LogP contribution >= 0.6 is 23.1 Å². The van der Waals surface area contributed by atoms with E-state index in [0.29, 0.717) is 64.1 Å². The summed E-state index contributed by atoms with van der Waals surface area (Å²) in [6, 6.07) is 8.49. The van der Waals surface area contributed by atoms with Crippen molar-refractivity contribution < 1.29 is 23.5 Å². The highest BCUT2D eigenvalue weighted by Gasteiger charge is 2.32. The molecular weight excluding hydrogens is 671 g/mol. The molecule has 0 radical (unpaired) electrons. The number of ether oxygens (including phenoxy) is 4. The Morgan fingerprint density at radius 1 is 1.07 bits per heavy atom. The summed E-state index contributed by atoms with van der Waals surface area (Å²) in [5, 5.41) is 7.30. The lowest BCUT2D eigenvalue weighted by Crippen LogP contribution is -2.44. The van der Waals surface area contributed by atoms with Gasteiger partial charge >= 0.3 is 0 Å². The summed E-state index contributed by atoms with van der Waals surface area (Å²) in [5.41, 5.74) is 3.75. The summed E-state index contributed by atoms with van der Waals surface area (Å²) < 4.78 is 37.4. The number of aryl methyl sites for hydroxylation is 1. The molecule has 0 saturated carbocycles. The monoisotopic (exact) mass is 714 g/mol. The van der Waals surface area contributed by atoms with Crippen molar-refractivity contribution in [1.82, 2.24) is 14.9 Å². The lowest BCUT2D eigenvalue weighted by Gasteiger charge is -2.38. The predicted molar refractivity (Wildman–Crippen MR) is 187 cm³/mol. The molecule has 0 spiro atoms. The number of nitrogens with zero attached hydrogens (tertiary/aromatic N) is 4. The highest BCUT2D eigenvalue weighted by molar-refractivity contribution is 9.10. The van der Waals surface area contributed by atoms with E-state index in [2.05, 4.69) is 67.3 Å².